The summed E-state index contributed by atoms with van der Waals surface area (Å²) in [6.45, 7) is 1.33. The molecule has 0 saturated carbocycles. The molecule has 0 aliphatic heterocycles. The minimum absolute atomic E-state index is 0.324. The maximum atomic E-state index is 11.1. The molecule has 1 aromatic heterocycles. The number of benzene rings is 2. The van der Waals surface area contributed by atoms with Gasteiger partial charge in [0.05, 0.1) is 18.3 Å². The number of nitrogens with one attached hydrogen (secondary N) is 1. The second-order valence-corrected chi connectivity index (χ2v) is 6.19. The number of hydrogen-bond acceptors (Lipinski definition) is 6. The molecule has 9 heteroatoms. The van der Waals surface area contributed by atoms with E-state index >= 15 is 0 Å². The Morgan fingerprint density at radius 1 is 1.30 bits per heavy atom. The highest BCUT2D eigenvalue weighted by Gasteiger charge is 2.12. The largest absolute Gasteiger partial charge is 0.493 e. The maximum absolute atomic E-state index is 11.1. The molecule has 0 saturated heterocycles. The van der Waals surface area contributed by atoms with Gasteiger partial charge in [-0.1, -0.05) is 23.7 Å². The fourth-order valence-electron chi connectivity index (χ4n) is 2.34. The van der Waals surface area contributed by atoms with Crippen LogP contribution in [0.1, 0.15) is 12.5 Å². The van der Waals surface area contributed by atoms with Crippen LogP contribution in [0.3, 0.4) is 0 Å². The normalized spacial score (nSPS) is 10.9. The van der Waals surface area contributed by atoms with Crippen LogP contribution in [-0.4, -0.2) is 34.2 Å². The molecule has 0 spiro atoms. The number of aromatic amines is 1. The van der Waals surface area contributed by atoms with Crippen molar-refractivity contribution in [2.75, 3.05) is 7.11 Å². The summed E-state index contributed by atoms with van der Waals surface area (Å²) in [4.78, 5) is 11.1. The van der Waals surface area contributed by atoms with E-state index in [0.29, 0.717) is 32.7 Å². The average Bonchev–Trinajstić information content (AvgIpc) is 3.01. The molecule has 0 atom stereocenters. The highest BCUT2D eigenvalue weighted by molar-refractivity contribution is 7.71. The Kier molecular flexibility index (Phi) is 5.68. The van der Waals surface area contributed by atoms with Crippen molar-refractivity contribution in [1.82, 2.24) is 14.9 Å². The van der Waals surface area contributed by atoms with Gasteiger partial charge in [0.1, 0.15) is 0 Å². The van der Waals surface area contributed by atoms with Crippen molar-refractivity contribution in [3.05, 3.63) is 57.8 Å². The van der Waals surface area contributed by atoms with Crippen LogP contribution in [0, 0.1) is 4.77 Å². The van der Waals surface area contributed by atoms with Gasteiger partial charge in [0.25, 0.3) is 0 Å². The Morgan fingerprint density at radius 3 is 2.78 bits per heavy atom. The zero-order valence-corrected chi connectivity index (χ0v) is 16.0. The lowest BCUT2D eigenvalue weighted by Gasteiger charge is -2.08. The van der Waals surface area contributed by atoms with E-state index < -0.39 is 5.97 Å². The van der Waals surface area contributed by atoms with Crippen LogP contribution in [-0.2, 0) is 4.79 Å². The summed E-state index contributed by atoms with van der Waals surface area (Å²) >= 11 is 11.5. The molecule has 2 aromatic carbocycles. The number of aromatic nitrogens is 3. The molecule has 3 rings (SSSR count). The third kappa shape index (κ3) is 4.24. The maximum Gasteiger partial charge on any atom is 0.308 e. The Bertz CT molecular complexity index is 1070. The first kappa shape index (κ1) is 18.8. The van der Waals surface area contributed by atoms with Gasteiger partial charge < -0.3 is 9.47 Å². The summed E-state index contributed by atoms with van der Waals surface area (Å²) in [6.07, 6.45) is 1.59. The Morgan fingerprint density at radius 2 is 2.07 bits per heavy atom. The number of H-pyrrole nitrogens is 1. The van der Waals surface area contributed by atoms with E-state index in [4.69, 9.17) is 33.3 Å². The summed E-state index contributed by atoms with van der Waals surface area (Å²) in [5, 5.41) is 11.8. The molecule has 0 amide bonds. The van der Waals surface area contributed by atoms with Crippen LogP contribution in [0.5, 0.6) is 11.5 Å². The van der Waals surface area contributed by atoms with Crippen LogP contribution < -0.4 is 9.47 Å². The van der Waals surface area contributed by atoms with Gasteiger partial charge in [-0.25, -0.2) is 5.10 Å². The van der Waals surface area contributed by atoms with E-state index in [9.17, 15) is 4.79 Å². The number of ether oxygens (including phenoxy) is 2. The van der Waals surface area contributed by atoms with Gasteiger partial charge >= 0.3 is 5.97 Å². The molecule has 138 valence electrons. The molecular weight excluding hydrogens is 388 g/mol. The number of rotatable bonds is 5. The molecular formula is C18H15ClN4O3S. The van der Waals surface area contributed by atoms with Crippen LogP contribution in [0.25, 0.3) is 11.4 Å². The molecule has 7 nitrogen and oxygen atoms in total. The summed E-state index contributed by atoms with van der Waals surface area (Å²) in [7, 11) is 1.49. The van der Waals surface area contributed by atoms with Gasteiger partial charge in [-0.15, -0.1) is 0 Å². The van der Waals surface area contributed by atoms with Crippen LogP contribution in [0.2, 0.25) is 5.02 Å². The van der Waals surface area contributed by atoms with E-state index in [0.717, 1.165) is 5.56 Å². The molecule has 27 heavy (non-hydrogen) atoms. The number of hydrogen-bond donors (Lipinski definition) is 1. The summed E-state index contributed by atoms with van der Waals surface area (Å²) in [6, 6.07) is 12.3. The van der Waals surface area contributed by atoms with Gasteiger partial charge in [0.15, 0.2) is 17.3 Å². The molecule has 0 fully saturated rings. The molecule has 0 aliphatic rings. The van der Waals surface area contributed by atoms with Gasteiger partial charge in [0, 0.05) is 12.5 Å². The monoisotopic (exact) mass is 402 g/mol. The molecule has 0 aliphatic carbocycles. The van der Waals surface area contributed by atoms with E-state index in [1.807, 2.05) is 18.2 Å². The van der Waals surface area contributed by atoms with Gasteiger partial charge in [-0.3, -0.25) is 4.79 Å². The molecule has 0 bridgehead atoms. The minimum Gasteiger partial charge on any atom is -0.493 e. The first-order valence-corrected chi connectivity index (χ1v) is 8.61. The number of halogens is 1. The Balaban J connectivity index is 1.96. The number of esters is 1. The number of nitrogens with zero attached hydrogens (tertiary/aromatic N) is 3. The SMILES string of the molecule is COc1cc(/C=N/n2c(-c3ccccc3Cl)n[nH]c2=S)ccc1OC(C)=O. The zero-order chi connectivity index (χ0) is 19.4. The molecule has 0 unspecified atom stereocenters. The molecule has 0 radical (unpaired) electrons. The van der Waals surface area contributed by atoms with Crippen molar-refractivity contribution in [3.8, 4) is 22.9 Å². The van der Waals surface area contributed by atoms with Crippen LogP contribution >= 0.6 is 23.8 Å². The van der Waals surface area contributed by atoms with Crippen molar-refractivity contribution < 1.29 is 14.3 Å². The number of methoxy groups -OCH3 is 1. The highest BCUT2D eigenvalue weighted by Crippen LogP contribution is 2.28. The minimum atomic E-state index is -0.427. The summed E-state index contributed by atoms with van der Waals surface area (Å²) < 4.78 is 12.1. The summed E-state index contributed by atoms with van der Waals surface area (Å²) in [5.74, 6) is 0.809. The van der Waals surface area contributed by atoms with E-state index in [1.165, 1.54) is 18.7 Å². The fourth-order valence-corrected chi connectivity index (χ4v) is 2.74. The van der Waals surface area contributed by atoms with E-state index in [1.54, 1.807) is 30.5 Å². The predicted octanol–water partition coefficient (Wildman–Crippen LogP) is 4.08. The number of carbonyl (C=O) groups excluding carboxylic acids is 1. The highest BCUT2D eigenvalue weighted by atomic mass is 35.5. The van der Waals surface area contributed by atoms with E-state index in [-0.39, 0.29) is 0 Å². The fraction of sp³-hybridized carbons (Fsp3) is 0.111. The third-order valence-electron chi connectivity index (χ3n) is 3.53. The number of carbonyl (C=O) groups is 1. The lowest BCUT2D eigenvalue weighted by Crippen LogP contribution is -2.03. The van der Waals surface area contributed by atoms with E-state index in [2.05, 4.69) is 15.3 Å². The van der Waals surface area contributed by atoms with Crippen molar-refractivity contribution in [1.29, 1.82) is 0 Å². The summed E-state index contributed by atoms with van der Waals surface area (Å²) in [5.41, 5.74) is 1.42. The zero-order valence-electron chi connectivity index (χ0n) is 14.5. The Labute approximate surface area is 165 Å². The van der Waals surface area contributed by atoms with Crippen LogP contribution in [0.4, 0.5) is 0 Å². The smallest absolute Gasteiger partial charge is 0.308 e. The lowest BCUT2D eigenvalue weighted by molar-refractivity contribution is -0.132. The second kappa shape index (κ2) is 8.15. The van der Waals surface area contributed by atoms with Crippen molar-refractivity contribution in [2.45, 2.75) is 6.92 Å². The van der Waals surface area contributed by atoms with Gasteiger partial charge in [-0.2, -0.15) is 14.9 Å². The average molecular weight is 403 g/mol. The van der Waals surface area contributed by atoms with Crippen molar-refractivity contribution >= 4 is 36.0 Å². The molecule has 3 aromatic rings. The first-order chi connectivity index (χ1) is 13.0. The van der Waals surface area contributed by atoms with Crippen molar-refractivity contribution in [2.24, 2.45) is 5.10 Å². The lowest BCUT2D eigenvalue weighted by atomic mass is 10.2. The van der Waals surface area contributed by atoms with Gasteiger partial charge in [0.2, 0.25) is 4.77 Å². The molecule has 1 N–H and O–H groups in total. The first-order valence-electron chi connectivity index (χ1n) is 7.82. The standard InChI is InChI=1S/C18H15ClN4O3S/c1-11(24)26-15-8-7-12(9-16(15)25-2)10-20-23-17(21-22-18(23)27)13-5-3-4-6-14(13)19/h3-10H,1-2H3,(H,22,27)/b20-10+. The van der Waals surface area contributed by atoms with Crippen molar-refractivity contribution in [3.63, 3.8) is 0 Å². The van der Waals surface area contributed by atoms with Crippen LogP contribution in [0.15, 0.2) is 47.6 Å². The quantitative estimate of drug-likeness (QED) is 0.301. The third-order valence-corrected chi connectivity index (χ3v) is 4.12. The van der Waals surface area contributed by atoms with Gasteiger partial charge in [-0.05, 0) is 48.1 Å². The topological polar surface area (TPSA) is 81.5 Å². The predicted molar refractivity (Wildman–Crippen MR) is 105 cm³/mol. The second-order valence-electron chi connectivity index (χ2n) is 5.39. The molecule has 1 heterocycles. The Hall–Kier alpha value is -2.97.